The van der Waals surface area contributed by atoms with Crippen molar-refractivity contribution in [2.45, 2.75) is 89.1 Å². The van der Waals surface area contributed by atoms with Gasteiger partial charge < -0.3 is 19.0 Å². The summed E-state index contributed by atoms with van der Waals surface area (Å²) in [6.45, 7) is 3.93. The Morgan fingerprint density at radius 1 is 1.07 bits per heavy atom. The van der Waals surface area contributed by atoms with Gasteiger partial charge in [0.1, 0.15) is 11.3 Å². The van der Waals surface area contributed by atoms with Crippen molar-refractivity contribution in [3.05, 3.63) is 59.1 Å². The van der Waals surface area contributed by atoms with Gasteiger partial charge in [0.05, 0.1) is 24.0 Å². The molecule has 4 rings (SSSR count). The van der Waals surface area contributed by atoms with Crippen molar-refractivity contribution < 1.29 is 54.9 Å². The van der Waals surface area contributed by atoms with Gasteiger partial charge in [0, 0.05) is 6.42 Å². The molecule has 244 valence electrons. The molecule has 45 heavy (non-hydrogen) atoms. The molecule has 0 radical (unpaired) electrons. The van der Waals surface area contributed by atoms with Gasteiger partial charge >= 0.3 is 18.4 Å². The second-order valence-electron chi connectivity index (χ2n) is 11.4. The second kappa shape index (κ2) is 12.7. The topological polar surface area (TPSA) is 137 Å². The molecule has 3 aromatic rings. The molecule has 2 atom stereocenters. The third-order valence-electron chi connectivity index (χ3n) is 6.76. The van der Waals surface area contributed by atoms with E-state index >= 15 is 0 Å². The summed E-state index contributed by atoms with van der Waals surface area (Å²) in [5, 5.41) is 19.7. The molecule has 1 aliphatic heterocycles. The maximum Gasteiger partial charge on any atom is 0.426 e. The van der Waals surface area contributed by atoms with Crippen LogP contribution in [0.4, 0.5) is 36.8 Å². The lowest BCUT2D eigenvalue weighted by Gasteiger charge is -2.33. The second-order valence-corrected chi connectivity index (χ2v) is 11.4. The lowest BCUT2D eigenvalue weighted by atomic mass is 9.93. The quantitative estimate of drug-likeness (QED) is 0.288. The first kappa shape index (κ1) is 33.8. The summed E-state index contributed by atoms with van der Waals surface area (Å²) in [4.78, 5) is 29.3. The summed E-state index contributed by atoms with van der Waals surface area (Å²) in [6.07, 6.45) is -15.2. The number of rotatable bonds is 4. The van der Waals surface area contributed by atoms with Gasteiger partial charge in [-0.15, -0.1) is 10.2 Å². The maximum atomic E-state index is 14.9. The molecule has 16 heteroatoms. The molecule has 10 nitrogen and oxygen atoms in total. The van der Waals surface area contributed by atoms with E-state index in [1.54, 1.807) is 18.2 Å². The van der Waals surface area contributed by atoms with E-state index < -0.39 is 95.4 Å². The van der Waals surface area contributed by atoms with Crippen molar-refractivity contribution in [1.29, 1.82) is 0 Å². The van der Waals surface area contributed by atoms with Crippen LogP contribution in [0.25, 0.3) is 11.6 Å². The normalized spacial score (nSPS) is 20.0. The molecule has 3 heterocycles. The number of pyridine rings is 1. The number of nitrogens with one attached hydrogen (secondary N) is 1. The number of halogens is 6. The number of aliphatic hydroxyl groups is 1. The molecule has 0 fully saturated rings. The van der Waals surface area contributed by atoms with E-state index in [-0.39, 0.29) is 19.3 Å². The first-order valence-corrected chi connectivity index (χ1v) is 13.8. The monoisotopic (exact) mass is 644 g/mol. The number of aliphatic hydroxyl groups excluding tert-OH is 1. The van der Waals surface area contributed by atoms with Crippen LogP contribution in [0.5, 0.6) is 0 Å². The number of Topliss-reactive ketones (excluding diaryl/α,β-unsaturated/α-hetero) is 1. The Bertz CT molecular complexity index is 1520. The maximum absolute atomic E-state index is 14.9. The number of ether oxygens (including phenoxy) is 2. The zero-order chi connectivity index (χ0) is 33.2. The molecular formula is C29H30F6N4O6. The molecule has 2 unspecified atom stereocenters. The average molecular weight is 645 g/mol. The van der Waals surface area contributed by atoms with Crippen molar-refractivity contribution in [3.8, 4) is 11.6 Å². The van der Waals surface area contributed by atoms with Gasteiger partial charge in [-0.2, -0.15) is 26.3 Å². The average Bonchev–Trinajstić information content (AvgIpc) is 3.41. The number of hydrogen-bond acceptors (Lipinski definition) is 9. The number of ketones is 1. The summed E-state index contributed by atoms with van der Waals surface area (Å²) in [5.74, 6) is -3.03. The molecule has 4 bridgehead atoms. The summed E-state index contributed by atoms with van der Waals surface area (Å²) < 4.78 is 103. The van der Waals surface area contributed by atoms with E-state index in [2.05, 4.69) is 20.5 Å². The lowest BCUT2D eigenvalue weighted by Crippen LogP contribution is -2.45. The van der Waals surface area contributed by atoms with E-state index in [9.17, 15) is 41.0 Å². The van der Waals surface area contributed by atoms with Crippen LogP contribution in [0, 0.1) is 0 Å². The predicted molar refractivity (Wildman–Crippen MR) is 145 cm³/mol. The molecule has 0 spiro atoms. The van der Waals surface area contributed by atoms with Crippen LogP contribution in [-0.2, 0) is 27.9 Å². The number of anilines is 1. The van der Waals surface area contributed by atoms with E-state index in [0.717, 1.165) is 0 Å². The van der Waals surface area contributed by atoms with E-state index in [4.69, 9.17) is 13.9 Å². The minimum atomic E-state index is -5.15. The van der Waals surface area contributed by atoms with Gasteiger partial charge in [-0.25, -0.2) is 9.78 Å². The van der Waals surface area contributed by atoms with Gasteiger partial charge in [0.25, 0.3) is 11.8 Å². The zero-order valence-corrected chi connectivity index (χ0v) is 24.4. The van der Waals surface area contributed by atoms with Crippen molar-refractivity contribution in [2.24, 2.45) is 0 Å². The molecule has 1 aliphatic rings. The van der Waals surface area contributed by atoms with Crippen LogP contribution in [0.2, 0.25) is 0 Å². The van der Waals surface area contributed by atoms with E-state index in [0.29, 0.717) is 11.6 Å². The third-order valence-corrected chi connectivity index (χ3v) is 6.76. The highest BCUT2D eigenvalue weighted by Crippen LogP contribution is 2.47. The minimum Gasteiger partial charge on any atom is -0.444 e. The van der Waals surface area contributed by atoms with Crippen LogP contribution in [-0.4, -0.2) is 50.0 Å². The molecule has 1 aromatic carbocycles. The molecular weight excluding hydrogens is 614 g/mol. The van der Waals surface area contributed by atoms with Crippen molar-refractivity contribution in [3.63, 3.8) is 0 Å². The number of amides is 1. The smallest absolute Gasteiger partial charge is 0.426 e. The summed E-state index contributed by atoms with van der Waals surface area (Å²) in [6, 6.07) is 8.32. The number of carbonyl (C=O) groups excluding carboxylic acids is 2. The zero-order valence-electron chi connectivity index (χ0n) is 24.4. The third kappa shape index (κ3) is 7.97. The number of hydrogen-bond donors (Lipinski definition) is 2. The number of benzene rings is 1. The highest BCUT2D eigenvalue weighted by atomic mass is 19.4. The molecule has 2 N–H and O–H groups in total. The fourth-order valence-electron chi connectivity index (χ4n) is 4.61. The Morgan fingerprint density at radius 2 is 1.76 bits per heavy atom. The van der Waals surface area contributed by atoms with Crippen molar-refractivity contribution in [1.82, 2.24) is 15.2 Å². The Labute approximate surface area is 253 Å². The van der Waals surface area contributed by atoms with Crippen LogP contribution >= 0.6 is 0 Å². The first-order valence-electron chi connectivity index (χ1n) is 13.8. The lowest BCUT2D eigenvalue weighted by molar-refractivity contribution is -0.300. The number of fused-ring (bicyclic) bond motifs is 5. The highest BCUT2D eigenvalue weighted by molar-refractivity contribution is 5.98. The van der Waals surface area contributed by atoms with Gasteiger partial charge in [0.2, 0.25) is 5.60 Å². The number of aromatic nitrogens is 3. The van der Waals surface area contributed by atoms with Gasteiger partial charge in [-0.3, -0.25) is 10.1 Å². The standard InChI is InChI=1S/C29H30F6N4O6/c1-26(2,3)45-25(42)36-19-14-18(28(30,31)32)21-20(41)12-11-17(40)10-7-13-27(29(33,34)35,43-15-16-8-5-4-6-9-16)24-39-38-23(44-24)22(19)37-21/h4-6,8-9,14,17,40H,7,10-13,15H2,1-3H3,(H,36,42). The Kier molecular flexibility index (Phi) is 9.59. The van der Waals surface area contributed by atoms with E-state index in [1.807, 2.05) is 0 Å². The Morgan fingerprint density at radius 3 is 2.38 bits per heavy atom. The number of nitrogens with zero attached hydrogens (tertiary/aromatic N) is 3. The fourth-order valence-corrected chi connectivity index (χ4v) is 4.61. The van der Waals surface area contributed by atoms with Crippen LogP contribution < -0.4 is 5.32 Å². The highest BCUT2D eigenvalue weighted by Gasteiger charge is 2.61. The Hall–Kier alpha value is -4.05. The molecule has 1 amide bonds. The molecule has 0 saturated heterocycles. The molecule has 0 saturated carbocycles. The summed E-state index contributed by atoms with van der Waals surface area (Å²) in [5.41, 5.74) is -8.00. The minimum absolute atomic E-state index is 0.246. The summed E-state index contributed by atoms with van der Waals surface area (Å²) in [7, 11) is 0. The van der Waals surface area contributed by atoms with Gasteiger partial charge in [-0.05, 0) is 58.1 Å². The predicted octanol–water partition coefficient (Wildman–Crippen LogP) is 6.98. The Balaban J connectivity index is 1.92. The largest absolute Gasteiger partial charge is 0.444 e. The first-order chi connectivity index (χ1) is 20.9. The molecule has 0 aliphatic carbocycles. The van der Waals surface area contributed by atoms with Crippen LogP contribution in [0.3, 0.4) is 0 Å². The fraction of sp³-hybridized carbons (Fsp3) is 0.483. The van der Waals surface area contributed by atoms with Crippen LogP contribution in [0.1, 0.15) is 80.4 Å². The number of carbonyl (C=O) groups is 2. The van der Waals surface area contributed by atoms with Gasteiger partial charge in [0.15, 0.2) is 11.5 Å². The van der Waals surface area contributed by atoms with Crippen molar-refractivity contribution >= 4 is 17.6 Å². The van der Waals surface area contributed by atoms with Crippen LogP contribution in [0.15, 0.2) is 40.8 Å². The van der Waals surface area contributed by atoms with Gasteiger partial charge in [-0.1, -0.05) is 30.3 Å². The van der Waals surface area contributed by atoms with Crippen molar-refractivity contribution in [2.75, 3.05) is 5.32 Å². The number of alkyl halides is 6. The summed E-state index contributed by atoms with van der Waals surface area (Å²) >= 11 is 0. The van der Waals surface area contributed by atoms with E-state index in [1.165, 1.54) is 32.9 Å². The SMILES string of the molecule is CC(C)(C)OC(=O)Nc1cc(C(F)(F)F)c2nc1-c1nnc(o1)C(OCc1ccccc1)(C(F)(F)F)CCCC(O)CCC2=O. The molecule has 2 aromatic heterocycles.